The topological polar surface area (TPSA) is 87.8 Å². The molecule has 3 rings (SSSR count). The molecule has 1 aromatic heterocycles. The van der Waals surface area contributed by atoms with Gasteiger partial charge < -0.3 is 14.4 Å². The molecule has 6 heteroatoms. The van der Waals surface area contributed by atoms with Crippen LogP contribution in [0.4, 0.5) is 0 Å². The SMILES string of the molecule is Cc1c(C(=O)N2CCCC2(C)C(=O)O)oc2c1C(=O)CCC2. The molecule has 118 valence electrons. The Balaban J connectivity index is 2.00. The van der Waals surface area contributed by atoms with Crippen LogP contribution in [0, 0.1) is 6.92 Å². The Kier molecular flexibility index (Phi) is 3.34. The molecule has 6 nitrogen and oxygen atoms in total. The number of aliphatic carboxylic acids is 1. The summed E-state index contributed by atoms with van der Waals surface area (Å²) in [7, 11) is 0. The van der Waals surface area contributed by atoms with Crippen LogP contribution in [0.15, 0.2) is 4.42 Å². The Hall–Kier alpha value is -2.11. The van der Waals surface area contributed by atoms with E-state index in [0.29, 0.717) is 49.1 Å². The Morgan fingerprint density at radius 1 is 1.27 bits per heavy atom. The highest BCUT2D eigenvalue weighted by Gasteiger charge is 2.47. The number of furan rings is 1. The van der Waals surface area contributed by atoms with Gasteiger partial charge in [0.15, 0.2) is 11.5 Å². The molecule has 1 saturated heterocycles. The molecule has 0 saturated carbocycles. The predicted molar refractivity (Wildman–Crippen MR) is 77.0 cm³/mol. The summed E-state index contributed by atoms with van der Waals surface area (Å²) >= 11 is 0. The Bertz CT molecular complexity index is 674. The summed E-state index contributed by atoms with van der Waals surface area (Å²) in [6.45, 7) is 3.65. The van der Waals surface area contributed by atoms with Crippen LogP contribution in [0.25, 0.3) is 0 Å². The zero-order valence-electron chi connectivity index (χ0n) is 12.8. The molecule has 2 heterocycles. The van der Waals surface area contributed by atoms with E-state index in [4.69, 9.17) is 4.42 Å². The zero-order chi connectivity index (χ0) is 16.1. The third-order valence-corrected chi connectivity index (χ3v) is 4.85. The summed E-state index contributed by atoms with van der Waals surface area (Å²) in [4.78, 5) is 37.7. The maximum Gasteiger partial charge on any atom is 0.329 e. The first-order chi connectivity index (χ1) is 10.4. The number of hydrogen-bond acceptors (Lipinski definition) is 4. The molecule has 22 heavy (non-hydrogen) atoms. The van der Waals surface area contributed by atoms with Crippen LogP contribution in [0.2, 0.25) is 0 Å². The highest BCUT2D eigenvalue weighted by Crippen LogP contribution is 2.34. The standard InChI is InChI=1S/C16H19NO5/c1-9-12-10(18)5-3-6-11(12)22-13(9)14(19)17-8-4-7-16(17,2)15(20)21/h3-8H2,1-2H3,(H,20,21). The van der Waals surface area contributed by atoms with Crippen LogP contribution in [-0.2, 0) is 11.2 Å². The lowest BCUT2D eigenvalue weighted by atomic mass is 9.93. The van der Waals surface area contributed by atoms with Crippen LogP contribution in [0.1, 0.15) is 64.8 Å². The maximum atomic E-state index is 12.8. The molecule has 1 fully saturated rings. The highest BCUT2D eigenvalue weighted by molar-refractivity contribution is 6.04. The summed E-state index contributed by atoms with van der Waals surface area (Å²) in [5.41, 5.74) is -0.143. The maximum absolute atomic E-state index is 12.8. The normalized spacial score (nSPS) is 24.5. The molecule has 1 atom stereocenters. The number of carbonyl (C=O) groups is 3. The van der Waals surface area contributed by atoms with Crippen LogP contribution >= 0.6 is 0 Å². The lowest BCUT2D eigenvalue weighted by Gasteiger charge is -2.30. The van der Waals surface area contributed by atoms with Crippen molar-refractivity contribution in [1.29, 1.82) is 0 Å². The monoisotopic (exact) mass is 305 g/mol. The molecule has 2 aliphatic rings. The molecule has 0 aromatic carbocycles. The van der Waals surface area contributed by atoms with Crippen molar-refractivity contribution in [3.8, 4) is 0 Å². The molecular formula is C16H19NO5. The summed E-state index contributed by atoms with van der Waals surface area (Å²) in [6, 6.07) is 0. The first-order valence-electron chi connectivity index (χ1n) is 7.57. The van der Waals surface area contributed by atoms with Gasteiger partial charge >= 0.3 is 5.97 Å². The molecule has 1 N–H and O–H groups in total. The molecule has 0 bridgehead atoms. The number of likely N-dealkylation sites (tertiary alicyclic amines) is 1. The van der Waals surface area contributed by atoms with E-state index in [1.54, 1.807) is 13.8 Å². The number of amides is 1. The number of Topliss-reactive ketones (excluding diaryl/α,β-unsaturated/α-hetero) is 1. The van der Waals surface area contributed by atoms with E-state index >= 15 is 0 Å². The number of rotatable bonds is 2. The second kappa shape index (κ2) is 4.97. The second-order valence-electron chi connectivity index (χ2n) is 6.27. The van der Waals surface area contributed by atoms with E-state index < -0.39 is 17.4 Å². The van der Waals surface area contributed by atoms with Gasteiger partial charge in [-0.3, -0.25) is 9.59 Å². The molecule has 1 unspecified atom stereocenters. The molecule has 0 spiro atoms. The fourth-order valence-electron chi connectivity index (χ4n) is 3.49. The van der Waals surface area contributed by atoms with Crippen molar-refractivity contribution in [3.05, 3.63) is 22.6 Å². The number of ketones is 1. The smallest absolute Gasteiger partial charge is 0.329 e. The Morgan fingerprint density at radius 2 is 2.00 bits per heavy atom. The predicted octanol–water partition coefficient (Wildman–Crippen LogP) is 2.19. The van der Waals surface area contributed by atoms with Gasteiger partial charge in [-0.15, -0.1) is 0 Å². The van der Waals surface area contributed by atoms with E-state index in [2.05, 4.69) is 0 Å². The molecule has 0 radical (unpaired) electrons. The first-order valence-corrected chi connectivity index (χ1v) is 7.57. The van der Waals surface area contributed by atoms with Crippen molar-refractivity contribution in [1.82, 2.24) is 4.90 Å². The van der Waals surface area contributed by atoms with E-state index in [1.165, 1.54) is 4.90 Å². The largest absolute Gasteiger partial charge is 0.480 e. The van der Waals surface area contributed by atoms with Crippen molar-refractivity contribution in [3.63, 3.8) is 0 Å². The fourth-order valence-corrected chi connectivity index (χ4v) is 3.49. The van der Waals surface area contributed by atoms with E-state index in [-0.39, 0.29) is 11.5 Å². The Morgan fingerprint density at radius 3 is 2.64 bits per heavy atom. The van der Waals surface area contributed by atoms with E-state index in [1.807, 2.05) is 0 Å². The molecule has 1 amide bonds. The number of fused-ring (bicyclic) bond motifs is 1. The minimum atomic E-state index is -1.21. The zero-order valence-corrected chi connectivity index (χ0v) is 12.8. The minimum Gasteiger partial charge on any atom is -0.480 e. The van der Waals surface area contributed by atoms with Gasteiger partial charge in [0.1, 0.15) is 11.3 Å². The van der Waals surface area contributed by atoms with Gasteiger partial charge in [0.05, 0.1) is 5.56 Å². The fraction of sp³-hybridized carbons (Fsp3) is 0.562. The molecular weight excluding hydrogens is 286 g/mol. The van der Waals surface area contributed by atoms with Crippen LogP contribution in [-0.4, -0.2) is 39.7 Å². The number of hydrogen-bond donors (Lipinski definition) is 1. The third kappa shape index (κ3) is 1.97. The number of carboxylic acid groups (broad SMARTS) is 1. The van der Waals surface area contributed by atoms with Crippen molar-refractivity contribution in [2.45, 2.75) is 51.5 Å². The average molecular weight is 305 g/mol. The number of carbonyl (C=O) groups excluding carboxylic acids is 2. The summed E-state index contributed by atoms with van der Waals surface area (Å²) in [5.74, 6) is -0.752. The summed E-state index contributed by atoms with van der Waals surface area (Å²) in [6.07, 6.45) is 2.91. The third-order valence-electron chi connectivity index (χ3n) is 4.85. The Labute approximate surface area is 128 Å². The van der Waals surface area contributed by atoms with Gasteiger partial charge in [-0.25, -0.2) is 4.79 Å². The van der Waals surface area contributed by atoms with Gasteiger partial charge in [-0.05, 0) is 33.1 Å². The molecule has 1 aromatic rings. The highest BCUT2D eigenvalue weighted by atomic mass is 16.4. The van der Waals surface area contributed by atoms with E-state index in [0.717, 1.165) is 6.42 Å². The van der Waals surface area contributed by atoms with Gasteiger partial charge in [0, 0.05) is 24.9 Å². The number of aryl methyl sites for hydroxylation is 1. The number of carboxylic acids is 1. The summed E-state index contributed by atoms with van der Waals surface area (Å²) in [5, 5.41) is 9.43. The lowest BCUT2D eigenvalue weighted by Crippen LogP contribution is -2.50. The van der Waals surface area contributed by atoms with Gasteiger partial charge in [0.25, 0.3) is 5.91 Å². The van der Waals surface area contributed by atoms with Crippen molar-refractivity contribution < 1.29 is 23.9 Å². The van der Waals surface area contributed by atoms with Gasteiger partial charge in [-0.1, -0.05) is 0 Å². The van der Waals surface area contributed by atoms with Crippen molar-refractivity contribution >= 4 is 17.7 Å². The minimum absolute atomic E-state index is 0.00367. The quantitative estimate of drug-likeness (QED) is 0.905. The lowest BCUT2D eigenvalue weighted by molar-refractivity contribution is -0.147. The van der Waals surface area contributed by atoms with Crippen molar-refractivity contribution in [2.24, 2.45) is 0 Å². The second-order valence-corrected chi connectivity index (χ2v) is 6.27. The summed E-state index contributed by atoms with van der Waals surface area (Å²) < 4.78 is 5.65. The van der Waals surface area contributed by atoms with Crippen LogP contribution < -0.4 is 0 Å². The number of nitrogens with zero attached hydrogens (tertiary/aromatic N) is 1. The molecule has 1 aliphatic heterocycles. The van der Waals surface area contributed by atoms with Crippen molar-refractivity contribution in [2.75, 3.05) is 6.54 Å². The van der Waals surface area contributed by atoms with E-state index in [9.17, 15) is 19.5 Å². The first kappa shape index (κ1) is 14.8. The van der Waals surface area contributed by atoms with Gasteiger partial charge in [0.2, 0.25) is 0 Å². The van der Waals surface area contributed by atoms with Crippen LogP contribution in [0.5, 0.6) is 0 Å². The molecule has 1 aliphatic carbocycles. The van der Waals surface area contributed by atoms with Crippen LogP contribution in [0.3, 0.4) is 0 Å². The van der Waals surface area contributed by atoms with Gasteiger partial charge in [-0.2, -0.15) is 0 Å². The average Bonchev–Trinajstić information content (AvgIpc) is 3.01.